The van der Waals surface area contributed by atoms with Gasteiger partial charge in [-0.3, -0.25) is 4.90 Å². The third-order valence-corrected chi connectivity index (χ3v) is 5.79. The number of rotatable bonds is 9. The van der Waals surface area contributed by atoms with Crippen LogP contribution in [0, 0.1) is 0 Å². The van der Waals surface area contributed by atoms with Gasteiger partial charge in [-0.2, -0.15) is 4.31 Å². The molecule has 1 N–H and O–H groups in total. The van der Waals surface area contributed by atoms with Crippen LogP contribution in [0.15, 0.2) is 0 Å². The molecule has 1 atom stereocenters. The van der Waals surface area contributed by atoms with Crippen molar-refractivity contribution in [3.05, 3.63) is 0 Å². The van der Waals surface area contributed by atoms with Gasteiger partial charge in [-0.25, -0.2) is 8.42 Å². The van der Waals surface area contributed by atoms with Gasteiger partial charge in [0.05, 0.1) is 12.4 Å². The summed E-state index contributed by atoms with van der Waals surface area (Å²) in [7, 11) is -1.61. The van der Waals surface area contributed by atoms with E-state index < -0.39 is 10.0 Å². The molecule has 0 spiro atoms. The molecule has 0 aromatic heterocycles. The van der Waals surface area contributed by atoms with Gasteiger partial charge in [-0.05, 0) is 13.3 Å². The number of nitrogens with one attached hydrogen (secondary N) is 1. The Hall–Kier alpha value is -0.210. The summed E-state index contributed by atoms with van der Waals surface area (Å²) in [5.74, 6) is 0.195. The molecule has 1 rings (SSSR count). The number of nitrogens with zero attached hydrogens (tertiary/aromatic N) is 2. The molecular formula is C13H29N3O3S. The fourth-order valence-electron chi connectivity index (χ4n) is 2.31. The lowest BCUT2D eigenvalue weighted by atomic mass is 10.3. The van der Waals surface area contributed by atoms with Crippen LogP contribution in [0.3, 0.4) is 0 Å². The van der Waals surface area contributed by atoms with E-state index in [2.05, 4.69) is 10.2 Å². The first-order valence-electron chi connectivity index (χ1n) is 7.42. The number of ether oxygens (including phenoxy) is 1. The maximum Gasteiger partial charge on any atom is 0.215 e. The largest absolute Gasteiger partial charge is 0.383 e. The van der Waals surface area contributed by atoms with E-state index in [1.807, 2.05) is 13.8 Å². The number of methoxy groups -OCH3 is 1. The molecule has 0 aromatic rings. The fraction of sp³-hybridized carbons (Fsp3) is 1.00. The summed E-state index contributed by atoms with van der Waals surface area (Å²) in [4.78, 5) is 2.21. The van der Waals surface area contributed by atoms with Crippen LogP contribution in [-0.2, 0) is 14.8 Å². The Morgan fingerprint density at radius 3 is 2.55 bits per heavy atom. The zero-order valence-electron chi connectivity index (χ0n) is 13.0. The second kappa shape index (κ2) is 8.94. The predicted octanol–water partition coefficient (Wildman–Crippen LogP) is -0.0317. The lowest BCUT2D eigenvalue weighted by molar-refractivity contribution is 0.167. The molecule has 1 saturated heterocycles. The molecule has 7 heteroatoms. The molecule has 1 heterocycles. The molecule has 0 radical (unpaired) electrons. The first-order valence-corrected chi connectivity index (χ1v) is 9.03. The van der Waals surface area contributed by atoms with Crippen LogP contribution in [0.5, 0.6) is 0 Å². The summed E-state index contributed by atoms with van der Waals surface area (Å²) in [6, 6.07) is 0.0261. The second-order valence-corrected chi connectivity index (χ2v) is 7.31. The molecule has 0 saturated carbocycles. The van der Waals surface area contributed by atoms with Crippen LogP contribution >= 0.6 is 0 Å². The third-order valence-electron chi connectivity index (χ3n) is 3.83. The number of hydrogen-bond donors (Lipinski definition) is 1. The van der Waals surface area contributed by atoms with Crippen molar-refractivity contribution >= 4 is 10.0 Å². The van der Waals surface area contributed by atoms with Crippen molar-refractivity contribution in [3.63, 3.8) is 0 Å². The molecule has 1 aliphatic heterocycles. The van der Waals surface area contributed by atoms with E-state index in [1.165, 1.54) is 0 Å². The van der Waals surface area contributed by atoms with Gasteiger partial charge in [-0.15, -0.1) is 0 Å². The minimum atomic E-state index is -3.21. The monoisotopic (exact) mass is 307 g/mol. The average Bonchev–Trinajstić information content (AvgIpc) is 2.46. The summed E-state index contributed by atoms with van der Waals surface area (Å²) in [5, 5.41) is 3.27. The zero-order chi connectivity index (χ0) is 15.0. The molecule has 6 nitrogen and oxygen atoms in total. The van der Waals surface area contributed by atoms with Crippen LogP contribution in [0.2, 0.25) is 0 Å². The molecule has 20 heavy (non-hydrogen) atoms. The number of sulfonamides is 1. The van der Waals surface area contributed by atoms with Crippen molar-refractivity contribution in [2.45, 2.75) is 26.3 Å². The Kier molecular flexibility index (Phi) is 7.98. The van der Waals surface area contributed by atoms with Crippen LogP contribution in [0.4, 0.5) is 0 Å². The van der Waals surface area contributed by atoms with Crippen LogP contribution in [0.1, 0.15) is 20.3 Å². The average molecular weight is 307 g/mol. The Morgan fingerprint density at radius 1 is 1.35 bits per heavy atom. The summed E-state index contributed by atoms with van der Waals surface area (Å²) in [6.45, 7) is 9.20. The Bertz CT molecular complexity index is 356. The van der Waals surface area contributed by atoms with Crippen molar-refractivity contribution in [1.29, 1.82) is 0 Å². The maximum atomic E-state index is 12.5. The number of piperazine rings is 1. The van der Waals surface area contributed by atoms with Crippen LogP contribution in [-0.4, -0.2) is 82.4 Å². The highest BCUT2D eigenvalue weighted by Crippen LogP contribution is 2.11. The van der Waals surface area contributed by atoms with E-state index >= 15 is 0 Å². The van der Waals surface area contributed by atoms with Crippen molar-refractivity contribution < 1.29 is 13.2 Å². The molecule has 0 aromatic carbocycles. The quantitative estimate of drug-likeness (QED) is 0.648. The predicted molar refractivity (Wildman–Crippen MR) is 81.4 cm³/mol. The lowest BCUT2D eigenvalue weighted by Crippen LogP contribution is -2.47. The standard InChI is InChI=1S/C13H29N3O3S/c1-4-13(2)16(9-11-19-3)20(17,18)12-10-15-7-5-14-6-8-15/h13-14H,4-12H2,1-3H3. The molecule has 1 aliphatic rings. The highest BCUT2D eigenvalue weighted by atomic mass is 32.2. The molecule has 0 amide bonds. The van der Waals surface area contributed by atoms with Gasteiger partial charge < -0.3 is 10.1 Å². The Morgan fingerprint density at radius 2 is 2.00 bits per heavy atom. The molecule has 0 aliphatic carbocycles. The van der Waals surface area contributed by atoms with Gasteiger partial charge in [0.1, 0.15) is 0 Å². The Balaban J connectivity index is 2.56. The molecule has 120 valence electrons. The SMILES string of the molecule is CCC(C)N(CCOC)S(=O)(=O)CCN1CCNCC1. The van der Waals surface area contributed by atoms with E-state index in [4.69, 9.17) is 4.74 Å². The van der Waals surface area contributed by atoms with Gasteiger partial charge in [0, 0.05) is 52.4 Å². The molecule has 1 fully saturated rings. The van der Waals surface area contributed by atoms with Gasteiger partial charge >= 0.3 is 0 Å². The van der Waals surface area contributed by atoms with E-state index in [-0.39, 0.29) is 11.8 Å². The van der Waals surface area contributed by atoms with Gasteiger partial charge in [0.15, 0.2) is 0 Å². The van der Waals surface area contributed by atoms with Gasteiger partial charge in [-0.1, -0.05) is 6.92 Å². The topological polar surface area (TPSA) is 61.9 Å². The minimum absolute atomic E-state index is 0.0261. The highest BCUT2D eigenvalue weighted by molar-refractivity contribution is 7.89. The normalized spacial score (nSPS) is 19.4. The van der Waals surface area contributed by atoms with Gasteiger partial charge in [0.25, 0.3) is 0 Å². The van der Waals surface area contributed by atoms with Crippen molar-refractivity contribution in [2.24, 2.45) is 0 Å². The van der Waals surface area contributed by atoms with Crippen molar-refractivity contribution in [1.82, 2.24) is 14.5 Å². The molecular weight excluding hydrogens is 278 g/mol. The van der Waals surface area contributed by atoms with E-state index in [1.54, 1.807) is 11.4 Å². The number of hydrogen-bond acceptors (Lipinski definition) is 5. The van der Waals surface area contributed by atoms with E-state index in [0.29, 0.717) is 19.7 Å². The lowest BCUT2D eigenvalue weighted by Gasteiger charge is -2.30. The highest BCUT2D eigenvalue weighted by Gasteiger charge is 2.26. The second-order valence-electron chi connectivity index (χ2n) is 5.27. The first-order chi connectivity index (χ1) is 9.51. The smallest absolute Gasteiger partial charge is 0.215 e. The van der Waals surface area contributed by atoms with E-state index in [9.17, 15) is 8.42 Å². The first kappa shape index (κ1) is 17.8. The summed E-state index contributed by atoms with van der Waals surface area (Å²) < 4.78 is 31.6. The zero-order valence-corrected chi connectivity index (χ0v) is 13.8. The summed E-state index contributed by atoms with van der Waals surface area (Å²) >= 11 is 0. The fourth-order valence-corrected chi connectivity index (χ4v) is 4.09. The van der Waals surface area contributed by atoms with Crippen molar-refractivity contribution in [2.75, 3.05) is 58.7 Å². The maximum absolute atomic E-state index is 12.5. The van der Waals surface area contributed by atoms with E-state index in [0.717, 1.165) is 32.6 Å². The summed E-state index contributed by atoms with van der Waals surface area (Å²) in [5.41, 5.74) is 0. The minimum Gasteiger partial charge on any atom is -0.383 e. The Labute approximate surface area is 123 Å². The molecule has 0 bridgehead atoms. The van der Waals surface area contributed by atoms with Crippen LogP contribution in [0.25, 0.3) is 0 Å². The third kappa shape index (κ3) is 5.65. The van der Waals surface area contributed by atoms with Crippen LogP contribution < -0.4 is 5.32 Å². The van der Waals surface area contributed by atoms with Crippen molar-refractivity contribution in [3.8, 4) is 0 Å². The summed E-state index contributed by atoms with van der Waals surface area (Å²) in [6.07, 6.45) is 0.816. The van der Waals surface area contributed by atoms with Gasteiger partial charge in [0.2, 0.25) is 10.0 Å². The molecule has 1 unspecified atom stereocenters.